The molecule has 3 nitrogen and oxygen atoms in total. The molecule has 0 unspecified atom stereocenters. The molecule has 122 valence electrons. The lowest BCUT2D eigenvalue weighted by Crippen LogP contribution is -2.16. The summed E-state index contributed by atoms with van der Waals surface area (Å²) in [4.78, 5) is 13.2. The summed E-state index contributed by atoms with van der Waals surface area (Å²) in [5, 5.41) is 0. The number of benzene rings is 2. The molecular formula is C17H17F3N2O. The molecule has 2 aromatic carbocycles. The molecular weight excluding hydrogens is 305 g/mol. The summed E-state index contributed by atoms with van der Waals surface area (Å²) in [5.74, 6) is -0.497. The summed E-state index contributed by atoms with van der Waals surface area (Å²) in [6.07, 6.45) is -4.35. The number of anilines is 2. The number of nitrogens with zero attached hydrogens (tertiary/aromatic N) is 1. The highest BCUT2D eigenvalue weighted by Crippen LogP contribution is 2.32. The van der Waals surface area contributed by atoms with Crippen LogP contribution in [0.25, 0.3) is 0 Å². The van der Waals surface area contributed by atoms with E-state index in [0.29, 0.717) is 11.3 Å². The van der Waals surface area contributed by atoms with E-state index in [-0.39, 0.29) is 0 Å². The molecule has 0 saturated carbocycles. The van der Waals surface area contributed by atoms with E-state index in [1.54, 1.807) is 37.9 Å². The third-order valence-corrected chi connectivity index (χ3v) is 3.73. The number of carbonyl (C=O) groups is 1. The van der Waals surface area contributed by atoms with E-state index in [4.69, 9.17) is 5.73 Å². The number of carbonyl (C=O) groups excluding carboxylic acids is 1. The van der Waals surface area contributed by atoms with Crippen molar-refractivity contribution in [2.24, 2.45) is 5.73 Å². The molecule has 2 aromatic rings. The molecule has 2 rings (SSSR count). The minimum absolute atomic E-state index is 0.467. The van der Waals surface area contributed by atoms with E-state index in [9.17, 15) is 18.0 Å². The molecule has 0 aliphatic carbocycles. The van der Waals surface area contributed by atoms with Crippen molar-refractivity contribution in [2.45, 2.75) is 20.0 Å². The molecule has 0 bridgehead atoms. The number of amides is 1. The summed E-state index contributed by atoms with van der Waals surface area (Å²) in [6.45, 7) is 3.55. The third kappa shape index (κ3) is 3.47. The second-order valence-corrected chi connectivity index (χ2v) is 5.42. The van der Waals surface area contributed by atoms with E-state index in [1.165, 1.54) is 12.1 Å². The first-order valence-corrected chi connectivity index (χ1v) is 6.93. The van der Waals surface area contributed by atoms with Gasteiger partial charge >= 0.3 is 6.18 Å². The van der Waals surface area contributed by atoms with Crippen LogP contribution in [-0.2, 0) is 6.18 Å². The molecule has 0 aromatic heterocycles. The molecule has 23 heavy (non-hydrogen) atoms. The van der Waals surface area contributed by atoms with Gasteiger partial charge in [-0.05, 0) is 61.4 Å². The fraction of sp³-hybridized carbons (Fsp3) is 0.235. The maximum Gasteiger partial charge on any atom is 0.416 e. The summed E-state index contributed by atoms with van der Waals surface area (Å²) < 4.78 is 37.8. The average molecular weight is 322 g/mol. The number of primary amides is 1. The average Bonchev–Trinajstić information content (AvgIpc) is 2.44. The third-order valence-electron chi connectivity index (χ3n) is 3.73. The number of aryl methyl sites for hydroxylation is 2. The molecule has 0 saturated heterocycles. The Labute approximate surface area is 132 Å². The Bertz CT molecular complexity index is 713. The number of hydrogen-bond acceptors (Lipinski definition) is 2. The van der Waals surface area contributed by atoms with E-state index >= 15 is 0 Å². The zero-order valence-corrected chi connectivity index (χ0v) is 13.0. The summed E-state index contributed by atoms with van der Waals surface area (Å²) in [5.41, 5.74) is 7.97. The molecule has 6 heteroatoms. The van der Waals surface area contributed by atoms with Gasteiger partial charge in [0.25, 0.3) is 0 Å². The molecule has 0 fully saturated rings. The minimum Gasteiger partial charge on any atom is -0.366 e. The van der Waals surface area contributed by atoms with Crippen LogP contribution in [0.3, 0.4) is 0 Å². The van der Waals surface area contributed by atoms with Gasteiger partial charge in [-0.3, -0.25) is 4.79 Å². The quantitative estimate of drug-likeness (QED) is 0.921. The van der Waals surface area contributed by atoms with Crippen LogP contribution in [0.4, 0.5) is 24.5 Å². The van der Waals surface area contributed by atoms with E-state index < -0.39 is 17.6 Å². The van der Waals surface area contributed by atoms with Crippen LogP contribution in [-0.4, -0.2) is 13.0 Å². The number of alkyl halides is 3. The minimum atomic E-state index is -4.35. The van der Waals surface area contributed by atoms with E-state index in [2.05, 4.69) is 0 Å². The van der Waals surface area contributed by atoms with Gasteiger partial charge in [0.1, 0.15) is 0 Å². The highest BCUT2D eigenvalue weighted by atomic mass is 19.4. The summed E-state index contributed by atoms with van der Waals surface area (Å²) >= 11 is 0. The van der Waals surface area contributed by atoms with Crippen LogP contribution in [0.2, 0.25) is 0 Å². The number of hydrogen-bond donors (Lipinski definition) is 1. The lowest BCUT2D eigenvalue weighted by atomic mass is 10.0. The standard InChI is InChI=1S/C17H17F3N2O/c1-10-8-14(9-11(2)15(10)16(21)23)22(3)13-6-4-12(5-7-13)17(18,19)20/h4-9H,1-3H3,(H2,21,23). The van der Waals surface area contributed by atoms with Crippen molar-refractivity contribution in [3.63, 3.8) is 0 Å². The van der Waals surface area contributed by atoms with Gasteiger partial charge in [0.15, 0.2) is 0 Å². The lowest BCUT2D eigenvalue weighted by Gasteiger charge is -2.22. The van der Waals surface area contributed by atoms with Crippen LogP contribution >= 0.6 is 0 Å². The van der Waals surface area contributed by atoms with Crippen molar-refractivity contribution in [3.8, 4) is 0 Å². The van der Waals surface area contributed by atoms with Crippen molar-refractivity contribution >= 4 is 17.3 Å². The van der Waals surface area contributed by atoms with Gasteiger partial charge in [-0.25, -0.2) is 0 Å². The van der Waals surface area contributed by atoms with Gasteiger partial charge in [-0.2, -0.15) is 13.2 Å². The van der Waals surface area contributed by atoms with Gasteiger partial charge in [0.05, 0.1) is 5.56 Å². The molecule has 0 atom stereocenters. The Morgan fingerprint density at radius 2 is 1.48 bits per heavy atom. The van der Waals surface area contributed by atoms with Gasteiger partial charge in [-0.15, -0.1) is 0 Å². The second kappa shape index (κ2) is 5.95. The zero-order valence-electron chi connectivity index (χ0n) is 13.0. The van der Waals surface area contributed by atoms with Crippen LogP contribution in [0.5, 0.6) is 0 Å². The van der Waals surface area contributed by atoms with Crippen molar-refractivity contribution in [1.82, 2.24) is 0 Å². The number of halogens is 3. The van der Waals surface area contributed by atoms with Crippen LogP contribution < -0.4 is 10.6 Å². The smallest absolute Gasteiger partial charge is 0.366 e. The Morgan fingerprint density at radius 3 is 1.87 bits per heavy atom. The topological polar surface area (TPSA) is 46.3 Å². The number of nitrogens with two attached hydrogens (primary N) is 1. The van der Waals surface area contributed by atoms with Crippen molar-refractivity contribution < 1.29 is 18.0 Å². The fourth-order valence-electron chi connectivity index (χ4n) is 2.55. The summed E-state index contributed by atoms with van der Waals surface area (Å²) in [7, 11) is 1.75. The predicted octanol–water partition coefficient (Wildman–Crippen LogP) is 4.19. The Kier molecular flexibility index (Phi) is 4.36. The molecule has 0 radical (unpaired) electrons. The van der Waals surface area contributed by atoms with Crippen molar-refractivity contribution in [1.29, 1.82) is 0 Å². The normalized spacial score (nSPS) is 11.4. The van der Waals surface area contributed by atoms with Crippen LogP contribution in [0.1, 0.15) is 27.0 Å². The lowest BCUT2D eigenvalue weighted by molar-refractivity contribution is -0.137. The van der Waals surface area contributed by atoms with Gasteiger partial charge < -0.3 is 10.6 Å². The molecule has 0 aliphatic heterocycles. The first-order valence-electron chi connectivity index (χ1n) is 6.93. The highest BCUT2D eigenvalue weighted by Gasteiger charge is 2.30. The molecule has 1 amide bonds. The van der Waals surface area contributed by atoms with Gasteiger partial charge in [0.2, 0.25) is 5.91 Å². The first-order chi connectivity index (χ1) is 10.6. The molecule has 0 heterocycles. The predicted molar refractivity (Wildman–Crippen MR) is 83.9 cm³/mol. The second-order valence-electron chi connectivity index (χ2n) is 5.42. The Hall–Kier alpha value is -2.50. The van der Waals surface area contributed by atoms with Gasteiger partial charge in [0, 0.05) is 24.0 Å². The van der Waals surface area contributed by atoms with Gasteiger partial charge in [-0.1, -0.05) is 0 Å². The molecule has 2 N–H and O–H groups in total. The Balaban J connectivity index is 2.37. The van der Waals surface area contributed by atoms with Crippen molar-refractivity contribution in [3.05, 3.63) is 58.7 Å². The molecule has 0 spiro atoms. The van der Waals surface area contributed by atoms with Crippen molar-refractivity contribution in [2.75, 3.05) is 11.9 Å². The first kappa shape index (κ1) is 16.9. The maximum absolute atomic E-state index is 12.6. The zero-order chi connectivity index (χ0) is 17.4. The number of rotatable bonds is 3. The van der Waals surface area contributed by atoms with E-state index in [1.807, 2.05) is 0 Å². The van der Waals surface area contributed by atoms with Crippen LogP contribution in [0.15, 0.2) is 36.4 Å². The SMILES string of the molecule is Cc1cc(N(C)c2ccc(C(F)(F)F)cc2)cc(C)c1C(N)=O. The summed E-state index contributed by atoms with van der Waals surface area (Å²) in [6, 6.07) is 8.48. The Morgan fingerprint density at radius 1 is 1.00 bits per heavy atom. The van der Waals surface area contributed by atoms with Crippen LogP contribution in [0, 0.1) is 13.8 Å². The highest BCUT2D eigenvalue weighted by molar-refractivity contribution is 5.96. The maximum atomic E-state index is 12.6. The van der Waals surface area contributed by atoms with E-state index in [0.717, 1.165) is 28.9 Å². The monoisotopic (exact) mass is 322 g/mol. The molecule has 0 aliphatic rings. The fourth-order valence-corrected chi connectivity index (χ4v) is 2.55. The largest absolute Gasteiger partial charge is 0.416 e.